The minimum Gasteiger partial charge on any atom is -0.351 e. The average molecular weight is 358 g/mol. The normalized spacial score (nSPS) is 21.0. The highest BCUT2D eigenvalue weighted by molar-refractivity contribution is 7.17. The van der Waals surface area contributed by atoms with Crippen molar-refractivity contribution in [2.75, 3.05) is 0 Å². The molecule has 0 spiro atoms. The number of amides is 1. The number of carbonyl (C=O) groups is 1. The fourth-order valence-electron chi connectivity index (χ4n) is 3.85. The molecule has 25 heavy (non-hydrogen) atoms. The smallest absolute Gasteiger partial charge is 0.291 e. The van der Waals surface area contributed by atoms with Crippen molar-refractivity contribution in [3.05, 3.63) is 33.7 Å². The van der Waals surface area contributed by atoms with Crippen LogP contribution in [0.15, 0.2) is 22.3 Å². The van der Waals surface area contributed by atoms with Crippen molar-refractivity contribution in [2.45, 2.75) is 52.1 Å². The molecule has 3 heterocycles. The Kier molecular flexibility index (Phi) is 4.11. The van der Waals surface area contributed by atoms with E-state index in [2.05, 4.69) is 17.3 Å². The lowest BCUT2D eigenvalue weighted by atomic mass is 9.86. The Morgan fingerprint density at radius 3 is 2.96 bits per heavy atom. The first-order valence-corrected chi connectivity index (χ1v) is 9.68. The molecular formula is C18H22N4O2S. The predicted molar refractivity (Wildman–Crippen MR) is 99.1 cm³/mol. The van der Waals surface area contributed by atoms with Crippen LogP contribution in [0, 0.1) is 12.8 Å². The van der Waals surface area contributed by atoms with Gasteiger partial charge in [-0.25, -0.2) is 4.68 Å². The Morgan fingerprint density at radius 2 is 2.16 bits per heavy atom. The van der Waals surface area contributed by atoms with Crippen molar-refractivity contribution in [2.24, 2.45) is 5.92 Å². The molecule has 3 aromatic rings. The van der Waals surface area contributed by atoms with E-state index in [1.54, 1.807) is 11.3 Å². The summed E-state index contributed by atoms with van der Waals surface area (Å²) >= 11 is 1.60. The number of thiophene rings is 1. The molecule has 4 rings (SSSR count). The first-order chi connectivity index (χ1) is 12.0. The van der Waals surface area contributed by atoms with Gasteiger partial charge in [0.25, 0.3) is 5.56 Å². The van der Waals surface area contributed by atoms with E-state index in [1.807, 2.05) is 28.8 Å². The van der Waals surface area contributed by atoms with Crippen LogP contribution in [0.25, 0.3) is 15.7 Å². The maximum Gasteiger partial charge on any atom is 0.291 e. The molecule has 0 aromatic carbocycles. The second kappa shape index (κ2) is 6.29. The van der Waals surface area contributed by atoms with Gasteiger partial charge >= 0.3 is 0 Å². The van der Waals surface area contributed by atoms with Gasteiger partial charge in [-0.1, -0.05) is 19.8 Å². The minimum absolute atomic E-state index is 0.0295. The highest BCUT2D eigenvalue weighted by Crippen LogP contribution is 2.25. The van der Waals surface area contributed by atoms with E-state index in [0.717, 1.165) is 29.5 Å². The second-order valence-electron chi connectivity index (χ2n) is 6.98. The molecule has 6 nitrogen and oxygen atoms in total. The number of rotatable bonds is 3. The number of carbonyl (C=O) groups excluding carboxylic acids is 1. The molecule has 1 saturated carbocycles. The zero-order chi connectivity index (χ0) is 17.6. The topological polar surface area (TPSA) is 68.4 Å². The lowest BCUT2D eigenvalue weighted by Gasteiger charge is -2.29. The summed E-state index contributed by atoms with van der Waals surface area (Å²) in [6.45, 7) is 4.01. The second-order valence-corrected chi connectivity index (χ2v) is 7.93. The Labute approximate surface area is 149 Å². The van der Waals surface area contributed by atoms with Gasteiger partial charge in [0, 0.05) is 6.04 Å². The summed E-state index contributed by atoms with van der Waals surface area (Å²) in [5, 5.41) is 9.46. The molecule has 0 radical (unpaired) electrons. The molecule has 1 fully saturated rings. The van der Waals surface area contributed by atoms with Gasteiger partial charge in [-0.15, -0.1) is 11.3 Å². The van der Waals surface area contributed by atoms with Crippen LogP contribution in [0.5, 0.6) is 0 Å². The molecule has 1 aliphatic rings. The van der Waals surface area contributed by atoms with Gasteiger partial charge in [-0.2, -0.15) is 5.10 Å². The number of hydrogen-bond acceptors (Lipinski definition) is 4. The summed E-state index contributed by atoms with van der Waals surface area (Å²) in [6.07, 6.45) is 4.55. The van der Waals surface area contributed by atoms with Gasteiger partial charge < -0.3 is 5.32 Å². The number of fused-ring (bicyclic) bond motifs is 3. The molecule has 1 N–H and O–H groups in total. The summed E-state index contributed by atoms with van der Waals surface area (Å²) in [6, 6.07) is 4.08. The molecule has 0 bridgehead atoms. The Balaban J connectivity index is 1.62. The van der Waals surface area contributed by atoms with E-state index >= 15 is 0 Å². The van der Waals surface area contributed by atoms with Crippen molar-refractivity contribution in [3.8, 4) is 0 Å². The van der Waals surface area contributed by atoms with E-state index in [9.17, 15) is 9.59 Å². The highest BCUT2D eigenvalue weighted by Gasteiger charge is 2.23. The zero-order valence-electron chi connectivity index (χ0n) is 14.5. The van der Waals surface area contributed by atoms with Crippen molar-refractivity contribution in [1.82, 2.24) is 19.5 Å². The summed E-state index contributed by atoms with van der Waals surface area (Å²) in [4.78, 5) is 25.2. The van der Waals surface area contributed by atoms with Crippen LogP contribution in [0.3, 0.4) is 0 Å². The largest absolute Gasteiger partial charge is 0.351 e. The van der Waals surface area contributed by atoms with Crippen molar-refractivity contribution >= 4 is 33.0 Å². The maximum atomic E-state index is 12.7. The third-order valence-corrected chi connectivity index (χ3v) is 6.07. The van der Waals surface area contributed by atoms with E-state index in [-0.39, 0.29) is 24.1 Å². The fraction of sp³-hybridized carbons (Fsp3) is 0.500. The summed E-state index contributed by atoms with van der Waals surface area (Å²) in [5.74, 6) is 1.07. The lowest BCUT2D eigenvalue weighted by molar-refractivity contribution is -0.123. The van der Waals surface area contributed by atoms with Crippen LogP contribution < -0.4 is 10.9 Å². The van der Waals surface area contributed by atoms with Gasteiger partial charge in [0.05, 0.1) is 10.2 Å². The standard InChI is InChI=1S/C18H22N4O2S/c1-11-5-3-4-6-13(11)19-17(23)10-21-18(24)15-9-16-14(7-8-25-16)22(15)12(2)20-21/h7-9,11,13H,3-6,10H2,1-2H3,(H,19,23). The molecule has 3 aromatic heterocycles. The van der Waals surface area contributed by atoms with Crippen LogP contribution in [0.1, 0.15) is 38.4 Å². The van der Waals surface area contributed by atoms with Crippen LogP contribution in [0.4, 0.5) is 0 Å². The molecule has 1 amide bonds. The van der Waals surface area contributed by atoms with E-state index < -0.39 is 0 Å². The van der Waals surface area contributed by atoms with Crippen LogP contribution >= 0.6 is 11.3 Å². The average Bonchev–Trinajstić information content (AvgIpc) is 3.15. The lowest BCUT2D eigenvalue weighted by Crippen LogP contribution is -2.44. The first-order valence-electron chi connectivity index (χ1n) is 8.80. The van der Waals surface area contributed by atoms with Gasteiger partial charge in [-0.05, 0) is 43.2 Å². The van der Waals surface area contributed by atoms with Crippen LogP contribution in [-0.4, -0.2) is 26.1 Å². The van der Waals surface area contributed by atoms with Gasteiger partial charge in [-0.3, -0.25) is 14.0 Å². The number of nitrogens with zero attached hydrogens (tertiary/aromatic N) is 3. The molecule has 2 unspecified atom stereocenters. The zero-order valence-corrected chi connectivity index (χ0v) is 15.3. The Hall–Kier alpha value is -2.15. The third kappa shape index (κ3) is 2.86. The van der Waals surface area contributed by atoms with Crippen LogP contribution in [0.2, 0.25) is 0 Å². The Morgan fingerprint density at radius 1 is 1.36 bits per heavy atom. The van der Waals surface area contributed by atoms with Gasteiger partial charge in [0.15, 0.2) is 0 Å². The number of aryl methyl sites for hydroxylation is 1. The summed E-state index contributed by atoms with van der Waals surface area (Å²) in [7, 11) is 0. The maximum absolute atomic E-state index is 12.7. The molecule has 0 saturated heterocycles. The summed E-state index contributed by atoms with van der Waals surface area (Å²) < 4.78 is 4.21. The molecule has 0 aliphatic heterocycles. The molecule has 132 valence electrons. The molecule has 7 heteroatoms. The SMILES string of the molecule is Cc1nn(CC(=O)NC2CCCCC2C)c(=O)c2cc3sccc3n12. The third-order valence-electron chi connectivity index (χ3n) is 5.22. The first kappa shape index (κ1) is 16.3. The van der Waals surface area contributed by atoms with Gasteiger partial charge in [0.1, 0.15) is 17.9 Å². The number of hydrogen-bond donors (Lipinski definition) is 1. The number of nitrogens with one attached hydrogen (secondary N) is 1. The molecule has 2 atom stereocenters. The highest BCUT2D eigenvalue weighted by atomic mass is 32.1. The fourth-order valence-corrected chi connectivity index (χ4v) is 4.66. The Bertz CT molecular complexity index is 1000. The quantitative estimate of drug-likeness (QED) is 0.783. The van der Waals surface area contributed by atoms with E-state index in [1.165, 1.54) is 11.1 Å². The van der Waals surface area contributed by atoms with Crippen molar-refractivity contribution < 1.29 is 4.79 Å². The summed E-state index contributed by atoms with van der Waals surface area (Å²) in [5.41, 5.74) is 1.35. The van der Waals surface area contributed by atoms with Gasteiger partial charge in [0.2, 0.25) is 5.91 Å². The van der Waals surface area contributed by atoms with E-state index in [0.29, 0.717) is 17.3 Å². The molecule has 1 aliphatic carbocycles. The van der Waals surface area contributed by atoms with Crippen LogP contribution in [-0.2, 0) is 11.3 Å². The monoisotopic (exact) mass is 358 g/mol. The molecular weight excluding hydrogens is 336 g/mol. The van der Waals surface area contributed by atoms with Crippen molar-refractivity contribution in [3.63, 3.8) is 0 Å². The van der Waals surface area contributed by atoms with E-state index in [4.69, 9.17) is 0 Å². The predicted octanol–water partition coefficient (Wildman–Crippen LogP) is 2.71. The van der Waals surface area contributed by atoms with Crippen molar-refractivity contribution in [1.29, 1.82) is 0 Å². The minimum atomic E-state index is -0.221. The number of aromatic nitrogens is 3.